The Morgan fingerprint density at radius 1 is 0.414 bits per heavy atom. The Morgan fingerprint density at radius 3 is 1.02 bits per heavy atom. The quantitative estimate of drug-likeness (QED) is 0.0261. The molecule has 0 saturated carbocycles. The molecule has 0 fully saturated rings. The smallest absolute Gasteiger partial charge is 0.311 e. The van der Waals surface area contributed by atoms with Gasteiger partial charge in [0.1, 0.15) is 11.5 Å². The lowest BCUT2D eigenvalue weighted by atomic mass is 10.0. The first-order chi connectivity index (χ1) is 28.6. The number of carbonyl (C=O) groups excluding carboxylic acids is 2. The van der Waals surface area contributed by atoms with E-state index in [4.69, 9.17) is 9.47 Å². The number of carbonyl (C=O) groups is 2. The van der Waals surface area contributed by atoms with Gasteiger partial charge in [0.2, 0.25) is 0 Å². The standard InChI is InChI=1S/C52H76N2O4/c1-3-5-7-9-11-13-15-17-19-21-23-25-27-32-51(55)57-49-38-34-45(35-39-49)43-53-47-30-29-31-48(42-47)54-44-46-36-40-50(41-37-46)58-52(56)33-28-26-24-22-20-18-16-14-12-10-8-6-4-2/h29-31,34-44H,3-28,32-33H2,1-2H3. The Bertz CT molecular complexity index is 1430. The molecular weight excluding hydrogens is 717 g/mol. The predicted octanol–water partition coefficient (Wildman–Crippen LogP) is 16.0. The molecule has 0 N–H and O–H groups in total. The van der Waals surface area contributed by atoms with Gasteiger partial charge >= 0.3 is 11.9 Å². The van der Waals surface area contributed by atoms with E-state index < -0.39 is 0 Å². The first kappa shape index (κ1) is 48.3. The fourth-order valence-electron chi connectivity index (χ4n) is 7.13. The van der Waals surface area contributed by atoms with Crippen LogP contribution in [0.2, 0.25) is 0 Å². The highest BCUT2D eigenvalue weighted by Gasteiger charge is 2.07. The van der Waals surface area contributed by atoms with Gasteiger partial charge in [0.05, 0.1) is 11.4 Å². The van der Waals surface area contributed by atoms with Crippen molar-refractivity contribution in [3.63, 3.8) is 0 Å². The summed E-state index contributed by atoms with van der Waals surface area (Å²) in [6, 6.07) is 22.6. The molecule has 0 radical (unpaired) electrons. The SMILES string of the molecule is CCCCCCCCCCCCCCCC(=O)Oc1ccc(C=Nc2cccc(N=Cc3ccc(OC(=O)CCCCCCCCCCCCCCC)cc3)c2)cc1. The molecule has 0 aliphatic carbocycles. The van der Waals surface area contributed by atoms with Crippen molar-refractivity contribution < 1.29 is 19.1 Å². The second-order valence-corrected chi connectivity index (χ2v) is 16.1. The molecule has 0 aliphatic rings. The molecule has 0 amide bonds. The van der Waals surface area contributed by atoms with Gasteiger partial charge in [-0.05, 0) is 90.7 Å². The van der Waals surface area contributed by atoms with Gasteiger partial charge < -0.3 is 9.47 Å². The number of ether oxygens (including phenoxy) is 2. The molecule has 3 aromatic rings. The number of esters is 2. The molecule has 0 aromatic heterocycles. The number of hydrogen-bond donors (Lipinski definition) is 0. The molecule has 0 heterocycles. The average Bonchev–Trinajstić information content (AvgIpc) is 3.24. The van der Waals surface area contributed by atoms with E-state index in [-0.39, 0.29) is 11.9 Å². The molecule has 0 unspecified atom stereocenters. The number of rotatable bonds is 34. The highest BCUT2D eigenvalue weighted by atomic mass is 16.5. The van der Waals surface area contributed by atoms with Gasteiger partial charge in [0, 0.05) is 25.3 Å². The minimum atomic E-state index is -0.170. The lowest BCUT2D eigenvalue weighted by Crippen LogP contribution is -2.07. The molecule has 0 atom stereocenters. The maximum atomic E-state index is 12.4. The summed E-state index contributed by atoms with van der Waals surface area (Å²) in [5.41, 5.74) is 3.40. The van der Waals surface area contributed by atoms with Crippen molar-refractivity contribution >= 4 is 35.7 Å². The third-order valence-electron chi connectivity index (χ3n) is 10.7. The highest BCUT2D eigenvalue weighted by Crippen LogP contribution is 2.22. The molecule has 0 spiro atoms. The Balaban J connectivity index is 1.25. The fourth-order valence-corrected chi connectivity index (χ4v) is 7.13. The zero-order valence-electron chi connectivity index (χ0n) is 36.4. The van der Waals surface area contributed by atoms with Crippen LogP contribution in [-0.4, -0.2) is 24.4 Å². The van der Waals surface area contributed by atoms with Gasteiger partial charge in [-0.25, -0.2) is 0 Å². The van der Waals surface area contributed by atoms with Gasteiger partial charge in [-0.3, -0.25) is 19.6 Å². The van der Waals surface area contributed by atoms with Crippen molar-refractivity contribution in [1.29, 1.82) is 0 Å². The fraction of sp³-hybridized carbons (Fsp3) is 0.577. The molecule has 3 rings (SSSR count). The van der Waals surface area contributed by atoms with Crippen LogP contribution in [0.5, 0.6) is 11.5 Å². The van der Waals surface area contributed by atoms with Crippen LogP contribution in [0.3, 0.4) is 0 Å². The van der Waals surface area contributed by atoms with Crippen molar-refractivity contribution in [1.82, 2.24) is 0 Å². The number of unbranched alkanes of at least 4 members (excludes halogenated alkanes) is 24. The Labute approximate surface area is 352 Å². The van der Waals surface area contributed by atoms with Crippen LogP contribution in [0.4, 0.5) is 11.4 Å². The van der Waals surface area contributed by atoms with E-state index in [1.807, 2.05) is 72.8 Å². The normalized spacial score (nSPS) is 11.5. The first-order valence-corrected chi connectivity index (χ1v) is 23.4. The predicted molar refractivity (Wildman–Crippen MR) is 246 cm³/mol. The van der Waals surface area contributed by atoms with Crippen LogP contribution in [0, 0.1) is 0 Å². The molecule has 6 nitrogen and oxygen atoms in total. The van der Waals surface area contributed by atoms with E-state index in [0.29, 0.717) is 24.3 Å². The van der Waals surface area contributed by atoms with Crippen molar-refractivity contribution in [3.8, 4) is 11.5 Å². The average molecular weight is 793 g/mol. The number of aliphatic imine (C=N–C) groups is 2. The minimum Gasteiger partial charge on any atom is -0.427 e. The monoisotopic (exact) mass is 793 g/mol. The van der Waals surface area contributed by atoms with E-state index in [9.17, 15) is 9.59 Å². The highest BCUT2D eigenvalue weighted by molar-refractivity contribution is 5.84. The summed E-state index contributed by atoms with van der Waals surface area (Å²) in [6.45, 7) is 4.54. The van der Waals surface area contributed by atoms with Crippen LogP contribution in [0.25, 0.3) is 0 Å². The number of benzene rings is 3. The second kappa shape index (κ2) is 32.8. The maximum absolute atomic E-state index is 12.4. The first-order valence-electron chi connectivity index (χ1n) is 23.4. The van der Waals surface area contributed by atoms with Gasteiger partial charge in [-0.2, -0.15) is 0 Å². The molecule has 0 bridgehead atoms. The lowest BCUT2D eigenvalue weighted by Gasteiger charge is -2.05. The summed E-state index contributed by atoms with van der Waals surface area (Å²) in [7, 11) is 0. The summed E-state index contributed by atoms with van der Waals surface area (Å²) >= 11 is 0. The summed E-state index contributed by atoms with van der Waals surface area (Å²) < 4.78 is 11.1. The van der Waals surface area contributed by atoms with Gasteiger partial charge in [-0.1, -0.05) is 174 Å². The Morgan fingerprint density at radius 2 is 0.707 bits per heavy atom. The van der Waals surface area contributed by atoms with Crippen LogP contribution in [-0.2, 0) is 9.59 Å². The topological polar surface area (TPSA) is 77.3 Å². The molecule has 58 heavy (non-hydrogen) atoms. The van der Waals surface area contributed by atoms with Crippen LogP contribution in [0.15, 0.2) is 82.8 Å². The minimum absolute atomic E-state index is 0.170. The maximum Gasteiger partial charge on any atom is 0.311 e. The molecule has 318 valence electrons. The molecule has 0 aliphatic heterocycles. The van der Waals surface area contributed by atoms with Gasteiger partial charge in [0.15, 0.2) is 0 Å². The molecule has 6 heteroatoms. The van der Waals surface area contributed by atoms with E-state index >= 15 is 0 Å². The summed E-state index contributed by atoms with van der Waals surface area (Å²) in [5, 5.41) is 0. The third kappa shape index (κ3) is 24.7. The molecule has 0 saturated heterocycles. The second-order valence-electron chi connectivity index (χ2n) is 16.1. The van der Waals surface area contributed by atoms with E-state index in [1.54, 1.807) is 12.4 Å². The van der Waals surface area contributed by atoms with Crippen molar-refractivity contribution in [3.05, 3.63) is 83.9 Å². The summed E-state index contributed by atoms with van der Waals surface area (Å²) in [5.74, 6) is 0.780. The zero-order valence-corrected chi connectivity index (χ0v) is 36.4. The number of nitrogens with zero attached hydrogens (tertiary/aromatic N) is 2. The van der Waals surface area contributed by atoms with E-state index in [1.165, 1.54) is 141 Å². The number of hydrogen-bond acceptors (Lipinski definition) is 6. The van der Waals surface area contributed by atoms with Gasteiger partial charge in [0.25, 0.3) is 0 Å². The third-order valence-corrected chi connectivity index (χ3v) is 10.7. The summed E-state index contributed by atoms with van der Waals surface area (Å²) in [6.07, 6.45) is 37.9. The lowest BCUT2D eigenvalue weighted by molar-refractivity contribution is -0.135. The Kier molecular flexibility index (Phi) is 27.4. The van der Waals surface area contributed by atoms with Crippen molar-refractivity contribution in [2.24, 2.45) is 9.98 Å². The van der Waals surface area contributed by atoms with E-state index in [2.05, 4.69) is 23.8 Å². The molecular formula is C52H76N2O4. The Hall–Kier alpha value is -4.06. The zero-order chi connectivity index (χ0) is 41.1. The summed E-state index contributed by atoms with van der Waals surface area (Å²) in [4.78, 5) is 34.0. The van der Waals surface area contributed by atoms with Crippen molar-refractivity contribution in [2.45, 2.75) is 194 Å². The van der Waals surface area contributed by atoms with Crippen molar-refractivity contribution in [2.75, 3.05) is 0 Å². The largest absolute Gasteiger partial charge is 0.427 e. The van der Waals surface area contributed by atoms with E-state index in [0.717, 1.165) is 48.2 Å². The van der Waals surface area contributed by atoms with Crippen LogP contribution in [0.1, 0.15) is 205 Å². The van der Waals surface area contributed by atoms with Crippen LogP contribution >= 0.6 is 0 Å². The van der Waals surface area contributed by atoms with Gasteiger partial charge in [-0.15, -0.1) is 0 Å². The molecule has 3 aromatic carbocycles. The van der Waals surface area contributed by atoms with Crippen LogP contribution < -0.4 is 9.47 Å².